The van der Waals surface area contributed by atoms with E-state index in [0.29, 0.717) is 13.1 Å². The average Bonchev–Trinajstić information content (AvgIpc) is 3.04. The molecule has 0 spiro atoms. The van der Waals surface area contributed by atoms with Crippen molar-refractivity contribution in [3.63, 3.8) is 0 Å². The van der Waals surface area contributed by atoms with Gasteiger partial charge in [0, 0.05) is 18.7 Å². The molecule has 1 heterocycles. The van der Waals surface area contributed by atoms with Gasteiger partial charge in [0.2, 0.25) is 10.0 Å². The maximum Gasteiger partial charge on any atom is 0.338 e. The van der Waals surface area contributed by atoms with Crippen LogP contribution in [0.5, 0.6) is 0 Å². The van der Waals surface area contributed by atoms with Crippen LogP contribution >= 0.6 is 0 Å². The molecule has 160 valence electrons. The summed E-state index contributed by atoms with van der Waals surface area (Å²) < 4.78 is 58.0. The molecule has 6 nitrogen and oxygen atoms in total. The number of carbonyl (C=O) groups is 2. The number of hydrogen-bond acceptors (Lipinski definition) is 5. The fraction of sp³-hybridized carbons (Fsp3) is 0.333. The molecule has 0 aliphatic carbocycles. The highest BCUT2D eigenvalue weighted by atomic mass is 32.2. The highest BCUT2D eigenvalue weighted by Crippen LogP contribution is 2.21. The lowest BCUT2D eigenvalue weighted by Crippen LogP contribution is -2.31. The predicted octanol–water partition coefficient (Wildman–Crippen LogP) is 3.57. The lowest BCUT2D eigenvalue weighted by molar-refractivity contribution is 0.0474. The summed E-state index contributed by atoms with van der Waals surface area (Å²) in [5.74, 6) is -3.78. The number of esters is 1. The summed E-state index contributed by atoms with van der Waals surface area (Å²) in [6.45, 7) is 0.286. The SMILES string of the molecule is O=C(COC(=O)c1ccc(S(=O)(=O)N2CCCCCC2)cc1)c1ccc(F)c(F)c1. The van der Waals surface area contributed by atoms with E-state index in [2.05, 4.69) is 0 Å². The van der Waals surface area contributed by atoms with Gasteiger partial charge in [0.25, 0.3) is 0 Å². The summed E-state index contributed by atoms with van der Waals surface area (Å²) in [5.41, 5.74) is -0.0523. The summed E-state index contributed by atoms with van der Waals surface area (Å²) in [7, 11) is -3.64. The van der Waals surface area contributed by atoms with Crippen LogP contribution in [-0.2, 0) is 14.8 Å². The summed E-state index contributed by atoms with van der Waals surface area (Å²) in [6, 6.07) is 7.92. The smallest absolute Gasteiger partial charge is 0.338 e. The van der Waals surface area contributed by atoms with Crippen molar-refractivity contribution >= 4 is 21.8 Å². The van der Waals surface area contributed by atoms with Crippen molar-refractivity contribution in [1.29, 1.82) is 0 Å². The number of ketones is 1. The number of carbonyl (C=O) groups excluding carboxylic acids is 2. The van der Waals surface area contributed by atoms with Gasteiger partial charge < -0.3 is 4.74 Å². The van der Waals surface area contributed by atoms with E-state index in [1.165, 1.54) is 28.6 Å². The Bertz CT molecular complexity index is 1030. The van der Waals surface area contributed by atoms with E-state index in [1.807, 2.05) is 0 Å². The molecular formula is C21H21F2NO5S. The average molecular weight is 437 g/mol. The van der Waals surface area contributed by atoms with E-state index >= 15 is 0 Å². The number of sulfonamides is 1. The topological polar surface area (TPSA) is 80.8 Å². The van der Waals surface area contributed by atoms with Crippen LogP contribution in [0.1, 0.15) is 46.4 Å². The third-order valence-electron chi connectivity index (χ3n) is 4.87. The zero-order valence-electron chi connectivity index (χ0n) is 16.1. The molecule has 1 fully saturated rings. The molecule has 0 unspecified atom stereocenters. The molecule has 0 radical (unpaired) electrons. The molecule has 0 atom stereocenters. The van der Waals surface area contributed by atoms with Crippen LogP contribution in [0.25, 0.3) is 0 Å². The van der Waals surface area contributed by atoms with Crippen LogP contribution in [0.15, 0.2) is 47.4 Å². The zero-order valence-corrected chi connectivity index (χ0v) is 17.0. The second-order valence-corrected chi connectivity index (χ2v) is 8.91. The van der Waals surface area contributed by atoms with Gasteiger partial charge >= 0.3 is 5.97 Å². The largest absolute Gasteiger partial charge is 0.454 e. The molecule has 30 heavy (non-hydrogen) atoms. The molecular weight excluding hydrogens is 416 g/mol. The summed E-state index contributed by atoms with van der Waals surface area (Å²) in [5, 5.41) is 0. The van der Waals surface area contributed by atoms with Gasteiger partial charge in [-0.3, -0.25) is 4.79 Å². The third-order valence-corrected chi connectivity index (χ3v) is 6.78. The molecule has 1 saturated heterocycles. The maximum atomic E-state index is 13.2. The quantitative estimate of drug-likeness (QED) is 0.510. The van der Waals surface area contributed by atoms with Gasteiger partial charge in [-0.05, 0) is 55.3 Å². The zero-order chi connectivity index (χ0) is 21.7. The number of rotatable bonds is 6. The lowest BCUT2D eigenvalue weighted by Gasteiger charge is -2.19. The highest BCUT2D eigenvalue weighted by molar-refractivity contribution is 7.89. The van der Waals surface area contributed by atoms with Crippen LogP contribution in [0, 0.1) is 11.6 Å². The first-order chi connectivity index (χ1) is 14.3. The monoisotopic (exact) mass is 437 g/mol. The highest BCUT2D eigenvalue weighted by Gasteiger charge is 2.25. The lowest BCUT2D eigenvalue weighted by atomic mass is 10.1. The van der Waals surface area contributed by atoms with Crippen molar-refractivity contribution in [3.8, 4) is 0 Å². The maximum absolute atomic E-state index is 13.2. The van der Waals surface area contributed by atoms with E-state index in [0.717, 1.165) is 43.9 Å². The Morgan fingerprint density at radius 1 is 0.867 bits per heavy atom. The first kappa shape index (κ1) is 22.0. The van der Waals surface area contributed by atoms with Gasteiger partial charge in [-0.15, -0.1) is 0 Å². The van der Waals surface area contributed by atoms with Crippen LogP contribution in [0.4, 0.5) is 8.78 Å². The summed E-state index contributed by atoms with van der Waals surface area (Å²) in [6.07, 6.45) is 3.63. The number of hydrogen-bond donors (Lipinski definition) is 0. The van der Waals surface area contributed by atoms with Crippen molar-refractivity contribution in [2.75, 3.05) is 19.7 Å². The van der Waals surface area contributed by atoms with Crippen molar-refractivity contribution in [3.05, 3.63) is 65.2 Å². The number of nitrogens with zero attached hydrogens (tertiary/aromatic N) is 1. The van der Waals surface area contributed by atoms with E-state index < -0.39 is 40.0 Å². The van der Waals surface area contributed by atoms with E-state index in [9.17, 15) is 26.8 Å². The summed E-state index contributed by atoms with van der Waals surface area (Å²) in [4.78, 5) is 24.2. The molecule has 3 rings (SSSR count). The Hall–Kier alpha value is -2.65. The molecule has 1 aliphatic rings. The Balaban J connectivity index is 1.63. The van der Waals surface area contributed by atoms with Crippen LogP contribution < -0.4 is 0 Å². The van der Waals surface area contributed by atoms with Crippen LogP contribution in [-0.4, -0.2) is 44.2 Å². The van der Waals surface area contributed by atoms with Gasteiger partial charge in [-0.25, -0.2) is 22.0 Å². The minimum atomic E-state index is -3.64. The molecule has 1 aliphatic heterocycles. The van der Waals surface area contributed by atoms with Crippen molar-refractivity contribution in [2.45, 2.75) is 30.6 Å². The predicted molar refractivity (Wildman–Crippen MR) is 105 cm³/mol. The Labute approximate surface area is 173 Å². The number of benzene rings is 2. The van der Waals surface area contributed by atoms with Crippen molar-refractivity contribution < 1.29 is 31.5 Å². The number of halogens is 2. The van der Waals surface area contributed by atoms with E-state index in [-0.39, 0.29) is 16.0 Å². The fourth-order valence-electron chi connectivity index (χ4n) is 3.16. The second kappa shape index (κ2) is 9.44. The Kier molecular flexibility index (Phi) is 6.94. The minimum Gasteiger partial charge on any atom is -0.454 e. The van der Waals surface area contributed by atoms with Crippen LogP contribution in [0.2, 0.25) is 0 Å². The second-order valence-electron chi connectivity index (χ2n) is 6.97. The van der Waals surface area contributed by atoms with Crippen LogP contribution in [0.3, 0.4) is 0 Å². The molecule has 0 N–H and O–H groups in total. The molecule has 0 bridgehead atoms. The van der Waals surface area contributed by atoms with Gasteiger partial charge in [0.1, 0.15) is 0 Å². The number of ether oxygens (including phenoxy) is 1. The Morgan fingerprint density at radius 3 is 2.07 bits per heavy atom. The normalized spacial score (nSPS) is 15.4. The Morgan fingerprint density at radius 2 is 1.47 bits per heavy atom. The van der Waals surface area contributed by atoms with Gasteiger partial charge in [0.05, 0.1) is 10.5 Å². The van der Waals surface area contributed by atoms with Gasteiger partial charge in [-0.1, -0.05) is 12.8 Å². The molecule has 0 aromatic heterocycles. The standard InChI is InChI=1S/C21H21F2NO5S/c22-18-10-7-16(13-19(18)23)20(25)14-29-21(26)15-5-8-17(9-6-15)30(27,28)24-11-3-1-2-4-12-24/h5-10,13H,1-4,11-12,14H2. The third kappa shape index (κ3) is 5.09. The van der Waals surface area contributed by atoms with E-state index in [4.69, 9.17) is 4.74 Å². The van der Waals surface area contributed by atoms with Gasteiger partial charge in [-0.2, -0.15) is 4.31 Å². The molecule has 0 saturated carbocycles. The van der Waals surface area contributed by atoms with E-state index in [1.54, 1.807) is 0 Å². The fourth-order valence-corrected chi connectivity index (χ4v) is 4.68. The first-order valence-electron chi connectivity index (χ1n) is 9.54. The first-order valence-corrected chi connectivity index (χ1v) is 11.0. The van der Waals surface area contributed by atoms with Crippen molar-refractivity contribution in [1.82, 2.24) is 4.31 Å². The minimum absolute atomic E-state index is 0.0721. The van der Waals surface area contributed by atoms with Gasteiger partial charge in [0.15, 0.2) is 24.0 Å². The molecule has 2 aromatic carbocycles. The molecule has 9 heteroatoms. The summed E-state index contributed by atoms with van der Waals surface area (Å²) >= 11 is 0. The molecule has 0 amide bonds. The number of Topliss-reactive ketones (excluding diaryl/α,β-unsaturated/α-hetero) is 1. The molecule has 2 aromatic rings. The van der Waals surface area contributed by atoms with Crippen molar-refractivity contribution in [2.24, 2.45) is 0 Å².